The smallest absolute Gasteiger partial charge is 0.0649 e. The molecule has 100 valence electrons. The molecule has 0 heterocycles. The van der Waals surface area contributed by atoms with Gasteiger partial charge in [0.05, 0.1) is 4.83 Å². The van der Waals surface area contributed by atoms with E-state index in [0.717, 1.165) is 6.42 Å². The van der Waals surface area contributed by atoms with E-state index in [1.165, 1.54) is 32.3 Å². The van der Waals surface area contributed by atoms with Crippen molar-refractivity contribution in [2.45, 2.75) is 32.0 Å². The second-order valence-electron chi connectivity index (χ2n) is 4.87. The molecule has 0 spiro atoms. The second-order valence-corrected chi connectivity index (χ2v) is 6.64. The number of alkyl halides is 1. The van der Waals surface area contributed by atoms with E-state index in [4.69, 9.17) is 0 Å². The van der Waals surface area contributed by atoms with Crippen LogP contribution in [0.4, 0.5) is 0 Å². The monoisotopic (exact) mass is 380 g/mol. The van der Waals surface area contributed by atoms with Gasteiger partial charge in [0.25, 0.3) is 0 Å². The summed E-state index contributed by atoms with van der Waals surface area (Å²) in [4.78, 5) is 0.260. The Hall–Kier alpha value is -0.600. The maximum absolute atomic E-state index is 3.88. The van der Waals surface area contributed by atoms with Gasteiger partial charge in [0, 0.05) is 4.47 Å². The summed E-state index contributed by atoms with van der Waals surface area (Å²) in [6.45, 7) is 6.51. The quantitative estimate of drug-likeness (QED) is 0.562. The topological polar surface area (TPSA) is 0 Å². The molecule has 0 aliphatic carbocycles. The van der Waals surface area contributed by atoms with Crippen molar-refractivity contribution in [3.05, 3.63) is 68.7 Å². The third kappa shape index (κ3) is 3.11. The predicted molar refractivity (Wildman–Crippen MR) is 90.2 cm³/mol. The molecule has 0 saturated carbocycles. The van der Waals surface area contributed by atoms with E-state index >= 15 is 0 Å². The molecule has 0 fully saturated rings. The largest absolute Gasteiger partial charge is 0.0786 e. The van der Waals surface area contributed by atoms with Gasteiger partial charge in [-0.1, -0.05) is 69.1 Å². The van der Waals surface area contributed by atoms with Crippen molar-refractivity contribution in [1.29, 1.82) is 0 Å². The van der Waals surface area contributed by atoms with Crippen molar-refractivity contribution in [3.8, 4) is 0 Å². The first-order valence-corrected chi connectivity index (χ1v) is 8.24. The van der Waals surface area contributed by atoms with Crippen LogP contribution in [0.5, 0.6) is 0 Å². The lowest BCUT2D eigenvalue weighted by Crippen LogP contribution is -2.00. The summed E-state index contributed by atoms with van der Waals surface area (Å²) in [7, 11) is 0. The zero-order valence-electron chi connectivity index (χ0n) is 11.5. The van der Waals surface area contributed by atoms with Gasteiger partial charge in [-0.05, 0) is 54.2 Å². The molecule has 1 atom stereocenters. The molecule has 0 radical (unpaired) electrons. The van der Waals surface area contributed by atoms with Crippen LogP contribution in [0.15, 0.2) is 40.9 Å². The summed E-state index contributed by atoms with van der Waals surface area (Å²) >= 11 is 7.48. The Kier molecular flexibility index (Phi) is 4.86. The van der Waals surface area contributed by atoms with Crippen molar-refractivity contribution in [2.75, 3.05) is 0 Å². The number of halogens is 2. The number of hydrogen-bond donors (Lipinski definition) is 0. The molecule has 0 saturated heterocycles. The first kappa shape index (κ1) is 14.8. The summed E-state index contributed by atoms with van der Waals surface area (Å²) in [5.41, 5.74) is 6.71. The SMILES string of the molecule is CCc1ccccc1C(Br)c1cc(C)c(Br)cc1C. The van der Waals surface area contributed by atoms with Gasteiger partial charge in [-0.3, -0.25) is 0 Å². The zero-order chi connectivity index (χ0) is 14.0. The normalized spacial score (nSPS) is 12.5. The van der Waals surface area contributed by atoms with Gasteiger partial charge in [-0.25, -0.2) is 0 Å². The molecular formula is C17H18Br2. The maximum atomic E-state index is 3.88. The highest BCUT2D eigenvalue weighted by molar-refractivity contribution is 9.10. The molecule has 0 bridgehead atoms. The molecule has 2 rings (SSSR count). The minimum atomic E-state index is 0.260. The Morgan fingerprint density at radius 3 is 2.37 bits per heavy atom. The first-order chi connectivity index (χ1) is 9.04. The van der Waals surface area contributed by atoms with Gasteiger partial charge in [-0.15, -0.1) is 0 Å². The minimum absolute atomic E-state index is 0.260. The summed E-state index contributed by atoms with van der Waals surface area (Å²) < 4.78 is 1.18. The van der Waals surface area contributed by atoms with Gasteiger partial charge in [0.15, 0.2) is 0 Å². The molecule has 2 aromatic carbocycles. The number of aryl methyl sites for hydroxylation is 3. The highest BCUT2D eigenvalue weighted by Gasteiger charge is 2.16. The lowest BCUT2D eigenvalue weighted by atomic mass is 9.94. The standard InChI is InChI=1S/C17H18Br2/c1-4-13-7-5-6-8-14(13)17(19)15-9-12(3)16(18)10-11(15)2/h5-10,17H,4H2,1-3H3. The van der Waals surface area contributed by atoms with E-state index in [-0.39, 0.29) is 4.83 Å². The van der Waals surface area contributed by atoms with Crippen LogP contribution in [0.25, 0.3) is 0 Å². The van der Waals surface area contributed by atoms with E-state index < -0.39 is 0 Å². The molecule has 0 N–H and O–H groups in total. The van der Waals surface area contributed by atoms with Crippen LogP contribution in [0.2, 0.25) is 0 Å². The highest BCUT2D eigenvalue weighted by atomic mass is 79.9. The fourth-order valence-electron chi connectivity index (χ4n) is 2.35. The third-order valence-corrected chi connectivity index (χ3v) is 5.37. The maximum Gasteiger partial charge on any atom is 0.0649 e. The van der Waals surface area contributed by atoms with Crippen molar-refractivity contribution >= 4 is 31.9 Å². The number of hydrogen-bond acceptors (Lipinski definition) is 0. The van der Waals surface area contributed by atoms with Crippen LogP contribution in [0.3, 0.4) is 0 Å². The van der Waals surface area contributed by atoms with E-state index in [1.807, 2.05) is 0 Å². The van der Waals surface area contributed by atoms with Crippen LogP contribution >= 0.6 is 31.9 Å². The molecule has 2 heteroatoms. The molecule has 1 unspecified atom stereocenters. The van der Waals surface area contributed by atoms with Crippen molar-refractivity contribution in [2.24, 2.45) is 0 Å². The molecule has 0 aliphatic heterocycles. The van der Waals surface area contributed by atoms with Crippen molar-refractivity contribution < 1.29 is 0 Å². The summed E-state index contributed by atoms with van der Waals surface area (Å²) in [6, 6.07) is 13.1. The van der Waals surface area contributed by atoms with Gasteiger partial charge in [0.1, 0.15) is 0 Å². The number of benzene rings is 2. The second kappa shape index (κ2) is 6.23. The van der Waals surface area contributed by atoms with Crippen molar-refractivity contribution in [1.82, 2.24) is 0 Å². The van der Waals surface area contributed by atoms with Crippen LogP contribution in [0.1, 0.15) is 39.6 Å². The van der Waals surface area contributed by atoms with Crippen LogP contribution in [0, 0.1) is 13.8 Å². The summed E-state index contributed by atoms with van der Waals surface area (Å²) in [5, 5.41) is 0. The molecule has 0 amide bonds. The molecule has 2 aromatic rings. The van der Waals surface area contributed by atoms with Gasteiger partial charge < -0.3 is 0 Å². The van der Waals surface area contributed by atoms with Crippen LogP contribution < -0.4 is 0 Å². The molecule has 0 nitrogen and oxygen atoms in total. The predicted octanol–water partition coefficient (Wildman–Crippen LogP) is 6.11. The molecular weight excluding hydrogens is 364 g/mol. The lowest BCUT2D eigenvalue weighted by Gasteiger charge is -2.18. The van der Waals surface area contributed by atoms with Gasteiger partial charge >= 0.3 is 0 Å². The summed E-state index contributed by atoms with van der Waals surface area (Å²) in [5.74, 6) is 0. The Labute approximate surface area is 132 Å². The Morgan fingerprint density at radius 2 is 1.68 bits per heavy atom. The minimum Gasteiger partial charge on any atom is -0.0786 e. The Bertz CT molecular complexity index is 588. The average Bonchev–Trinajstić information content (AvgIpc) is 2.42. The van der Waals surface area contributed by atoms with E-state index in [1.54, 1.807) is 0 Å². The third-order valence-electron chi connectivity index (χ3n) is 3.53. The number of rotatable bonds is 3. The fraction of sp³-hybridized carbons (Fsp3) is 0.294. The van der Waals surface area contributed by atoms with E-state index in [0.29, 0.717) is 0 Å². The van der Waals surface area contributed by atoms with E-state index in [9.17, 15) is 0 Å². The summed E-state index contributed by atoms with van der Waals surface area (Å²) in [6.07, 6.45) is 1.06. The van der Waals surface area contributed by atoms with Crippen LogP contribution in [-0.2, 0) is 6.42 Å². The molecule has 19 heavy (non-hydrogen) atoms. The molecule has 0 aliphatic rings. The fourth-order valence-corrected chi connectivity index (χ4v) is 3.75. The van der Waals surface area contributed by atoms with E-state index in [2.05, 4.69) is 89.0 Å². The lowest BCUT2D eigenvalue weighted by molar-refractivity contribution is 1.04. The molecule has 0 aromatic heterocycles. The Morgan fingerprint density at radius 1 is 1.00 bits per heavy atom. The van der Waals surface area contributed by atoms with Crippen LogP contribution in [-0.4, -0.2) is 0 Å². The Balaban J connectivity index is 2.50. The average molecular weight is 382 g/mol. The van der Waals surface area contributed by atoms with Crippen molar-refractivity contribution in [3.63, 3.8) is 0 Å². The highest BCUT2D eigenvalue weighted by Crippen LogP contribution is 2.36. The first-order valence-electron chi connectivity index (χ1n) is 6.53. The zero-order valence-corrected chi connectivity index (χ0v) is 14.7. The van der Waals surface area contributed by atoms with Gasteiger partial charge in [0.2, 0.25) is 0 Å². The van der Waals surface area contributed by atoms with Gasteiger partial charge in [-0.2, -0.15) is 0 Å².